The van der Waals surface area contributed by atoms with Crippen molar-refractivity contribution in [3.8, 4) is 11.8 Å². The number of halogens is 1. The second kappa shape index (κ2) is 9.41. The lowest BCUT2D eigenvalue weighted by atomic mass is 9.73. The van der Waals surface area contributed by atoms with Crippen LogP contribution >= 0.6 is 0 Å². The van der Waals surface area contributed by atoms with Gasteiger partial charge in [0.05, 0.1) is 18.7 Å². The zero-order valence-electron chi connectivity index (χ0n) is 17.9. The van der Waals surface area contributed by atoms with Gasteiger partial charge in [0.2, 0.25) is 5.91 Å². The number of urea groups is 1. The number of hydrogen-bond acceptors (Lipinski definition) is 3. The largest absolute Gasteiger partial charge is 0.394 e. The third kappa shape index (κ3) is 4.32. The Balaban J connectivity index is 1.48. The fraction of sp³-hybridized carbons (Fsp3) is 0.360. The highest BCUT2D eigenvalue weighted by Gasteiger charge is 2.54. The van der Waals surface area contributed by atoms with Crippen LogP contribution in [-0.4, -0.2) is 58.6 Å². The number of aliphatic hydroxyl groups is 1. The Morgan fingerprint density at radius 1 is 1.19 bits per heavy atom. The van der Waals surface area contributed by atoms with Gasteiger partial charge in [-0.3, -0.25) is 4.79 Å². The van der Waals surface area contributed by atoms with Gasteiger partial charge >= 0.3 is 6.03 Å². The minimum Gasteiger partial charge on any atom is -0.394 e. The summed E-state index contributed by atoms with van der Waals surface area (Å²) in [6, 6.07) is 12.5. The van der Waals surface area contributed by atoms with E-state index in [0.29, 0.717) is 12.2 Å². The van der Waals surface area contributed by atoms with Crippen molar-refractivity contribution in [2.75, 3.05) is 25.0 Å². The molecule has 2 N–H and O–H groups in total. The van der Waals surface area contributed by atoms with Gasteiger partial charge < -0.3 is 20.2 Å². The first-order chi connectivity index (χ1) is 15.5. The van der Waals surface area contributed by atoms with E-state index in [1.165, 1.54) is 29.2 Å². The number of anilines is 1. The Labute approximate surface area is 187 Å². The summed E-state index contributed by atoms with van der Waals surface area (Å²) in [6.45, 7) is 2.26. The minimum atomic E-state index is -0.405. The maximum absolute atomic E-state index is 13.1. The number of carbonyl (C=O) groups is 2. The molecule has 32 heavy (non-hydrogen) atoms. The van der Waals surface area contributed by atoms with Gasteiger partial charge in [-0.25, -0.2) is 9.18 Å². The second-order valence-corrected chi connectivity index (χ2v) is 8.14. The highest BCUT2D eigenvalue weighted by Crippen LogP contribution is 2.43. The third-order valence-corrected chi connectivity index (χ3v) is 6.04. The highest BCUT2D eigenvalue weighted by molar-refractivity contribution is 5.93. The van der Waals surface area contributed by atoms with Gasteiger partial charge in [-0.2, -0.15) is 0 Å². The summed E-state index contributed by atoms with van der Waals surface area (Å²) in [5.74, 6) is 5.62. The van der Waals surface area contributed by atoms with Crippen molar-refractivity contribution in [2.24, 2.45) is 0 Å². The molecule has 2 aromatic rings. The summed E-state index contributed by atoms with van der Waals surface area (Å²) in [6.07, 6.45) is 1.87. The number of benzene rings is 2. The number of aliphatic hydroxyl groups excluding tert-OH is 1. The fourth-order valence-electron chi connectivity index (χ4n) is 4.47. The Morgan fingerprint density at radius 3 is 2.56 bits per heavy atom. The van der Waals surface area contributed by atoms with Gasteiger partial charge in [-0.05, 0) is 48.4 Å². The fourth-order valence-corrected chi connectivity index (χ4v) is 4.47. The van der Waals surface area contributed by atoms with Crippen LogP contribution in [0.2, 0.25) is 0 Å². The predicted octanol–water partition coefficient (Wildman–Crippen LogP) is 3.18. The first-order valence-corrected chi connectivity index (χ1v) is 10.8. The highest BCUT2D eigenvalue weighted by atomic mass is 19.1. The molecule has 2 aliphatic heterocycles. The van der Waals surface area contributed by atoms with Crippen molar-refractivity contribution in [2.45, 2.75) is 37.8 Å². The summed E-state index contributed by atoms with van der Waals surface area (Å²) in [5, 5.41) is 12.6. The number of nitrogens with one attached hydrogen (secondary N) is 1. The number of amides is 3. The van der Waals surface area contributed by atoms with E-state index in [1.807, 2.05) is 24.3 Å². The topological polar surface area (TPSA) is 72.9 Å². The van der Waals surface area contributed by atoms with Crippen LogP contribution < -0.4 is 5.32 Å². The molecule has 2 saturated heterocycles. The van der Waals surface area contributed by atoms with Gasteiger partial charge in [0.1, 0.15) is 12.4 Å². The second-order valence-electron chi connectivity index (χ2n) is 8.14. The molecule has 3 amide bonds. The lowest BCUT2D eigenvalue weighted by Crippen LogP contribution is -2.73. The Kier molecular flexibility index (Phi) is 6.42. The van der Waals surface area contributed by atoms with E-state index in [4.69, 9.17) is 0 Å². The van der Waals surface area contributed by atoms with Crippen molar-refractivity contribution in [1.82, 2.24) is 9.80 Å². The van der Waals surface area contributed by atoms with Crippen molar-refractivity contribution >= 4 is 17.6 Å². The zero-order chi connectivity index (χ0) is 22.7. The van der Waals surface area contributed by atoms with E-state index < -0.39 is 6.03 Å². The molecule has 2 aliphatic rings. The molecular weight excluding hydrogens is 409 g/mol. The maximum Gasteiger partial charge on any atom is 0.322 e. The molecule has 4 rings (SSSR count). The van der Waals surface area contributed by atoms with Crippen molar-refractivity contribution in [3.63, 3.8) is 0 Å². The summed E-state index contributed by atoms with van der Waals surface area (Å²) >= 11 is 0. The third-order valence-electron chi connectivity index (χ3n) is 6.04. The zero-order valence-corrected chi connectivity index (χ0v) is 17.9. The monoisotopic (exact) mass is 435 g/mol. The van der Waals surface area contributed by atoms with Crippen LogP contribution in [0, 0.1) is 17.7 Å². The average Bonchev–Trinajstić information content (AvgIpc) is 2.78. The first kappa shape index (κ1) is 21.8. The molecule has 0 spiro atoms. The minimum absolute atomic E-state index is 0.0568. The Hall–Kier alpha value is -3.37. The summed E-state index contributed by atoms with van der Waals surface area (Å²) in [5.41, 5.74) is 2.41. The standard InChI is InChI=1S/C25H26FN3O3/c1-2-3-4-5-17-6-8-18(9-7-17)24-21-14-28(15-23(31)29(21)22(24)16-30)25(32)27-20-12-10-19(26)11-13-20/h6-13,21-22,24,30H,2-3,14-16H2,1H3,(H,27,32)/t21-,22-,24+/m1/s1. The van der Waals surface area contributed by atoms with Crippen LogP contribution in [-0.2, 0) is 4.79 Å². The molecule has 3 atom stereocenters. The van der Waals surface area contributed by atoms with Crippen LogP contribution in [0.4, 0.5) is 14.9 Å². The molecule has 6 nitrogen and oxygen atoms in total. The lowest BCUT2D eigenvalue weighted by Gasteiger charge is -2.58. The van der Waals surface area contributed by atoms with Gasteiger partial charge in [0, 0.05) is 30.1 Å². The van der Waals surface area contributed by atoms with Crippen molar-refractivity contribution in [3.05, 3.63) is 65.5 Å². The molecule has 166 valence electrons. The number of carbonyl (C=O) groups excluding carboxylic acids is 2. The smallest absolute Gasteiger partial charge is 0.322 e. The van der Waals surface area contributed by atoms with Gasteiger partial charge in [-0.15, -0.1) is 0 Å². The van der Waals surface area contributed by atoms with Gasteiger partial charge in [-0.1, -0.05) is 30.9 Å². The number of piperazine rings is 1. The molecule has 2 aromatic carbocycles. The lowest BCUT2D eigenvalue weighted by molar-refractivity contribution is -0.159. The SMILES string of the molecule is CCCC#Cc1ccc([C@@H]2[C@@H](CO)N3C(=O)CN(C(=O)Nc4ccc(F)cc4)C[C@H]23)cc1. The van der Waals surface area contributed by atoms with E-state index in [1.54, 1.807) is 4.90 Å². The molecule has 0 bridgehead atoms. The first-order valence-electron chi connectivity index (χ1n) is 10.8. The molecule has 2 fully saturated rings. The van der Waals surface area contributed by atoms with Crippen LogP contribution in [0.15, 0.2) is 48.5 Å². The summed E-state index contributed by atoms with van der Waals surface area (Å²) in [4.78, 5) is 28.6. The van der Waals surface area contributed by atoms with E-state index in [2.05, 4.69) is 24.1 Å². The van der Waals surface area contributed by atoms with Crippen molar-refractivity contribution in [1.29, 1.82) is 0 Å². The van der Waals surface area contributed by atoms with E-state index in [0.717, 1.165) is 24.0 Å². The molecule has 7 heteroatoms. The van der Waals surface area contributed by atoms with E-state index in [-0.39, 0.29) is 42.9 Å². The Morgan fingerprint density at radius 2 is 1.91 bits per heavy atom. The average molecular weight is 435 g/mol. The molecule has 0 unspecified atom stereocenters. The van der Waals surface area contributed by atoms with E-state index >= 15 is 0 Å². The molecule has 0 saturated carbocycles. The molecule has 0 aliphatic carbocycles. The molecular formula is C25H26FN3O3. The van der Waals surface area contributed by atoms with E-state index in [9.17, 15) is 19.1 Å². The Bertz CT molecular complexity index is 1040. The van der Waals surface area contributed by atoms with Gasteiger partial charge in [0.25, 0.3) is 0 Å². The van der Waals surface area contributed by atoms with Crippen LogP contribution in [0.3, 0.4) is 0 Å². The number of unbranched alkanes of at least 4 members (excludes halogenated alkanes) is 1. The van der Waals surface area contributed by atoms with Crippen LogP contribution in [0.1, 0.15) is 36.8 Å². The molecule has 2 heterocycles. The summed E-state index contributed by atoms with van der Waals surface area (Å²) < 4.78 is 13.1. The van der Waals surface area contributed by atoms with Gasteiger partial charge in [0.15, 0.2) is 0 Å². The van der Waals surface area contributed by atoms with Crippen LogP contribution in [0.25, 0.3) is 0 Å². The van der Waals surface area contributed by atoms with Crippen LogP contribution in [0.5, 0.6) is 0 Å². The normalized spacial score (nSPS) is 21.8. The maximum atomic E-state index is 13.1. The number of hydrogen-bond donors (Lipinski definition) is 2. The molecule has 0 aromatic heterocycles. The number of rotatable bonds is 4. The number of nitrogens with zero attached hydrogens (tertiary/aromatic N) is 2. The van der Waals surface area contributed by atoms with Crippen molar-refractivity contribution < 1.29 is 19.1 Å². The predicted molar refractivity (Wildman–Crippen MR) is 119 cm³/mol. The quantitative estimate of drug-likeness (QED) is 0.725. The number of fused-ring (bicyclic) bond motifs is 1. The summed E-state index contributed by atoms with van der Waals surface area (Å²) in [7, 11) is 0. The molecule has 0 radical (unpaired) electrons.